The summed E-state index contributed by atoms with van der Waals surface area (Å²) >= 11 is 0. The van der Waals surface area contributed by atoms with Gasteiger partial charge in [0.25, 0.3) is 11.1 Å². The number of imidazole rings is 2. The van der Waals surface area contributed by atoms with Gasteiger partial charge in [0, 0.05) is 54.4 Å². The van der Waals surface area contributed by atoms with Gasteiger partial charge in [0.15, 0.2) is 22.3 Å². The number of hydrogen-bond donors (Lipinski definition) is 4. The number of aliphatic hydroxyl groups excluding tert-OH is 2. The molecular formula is C28H44N10O6. The summed E-state index contributed by atoms with van der Waals surface area (Å²) < 4.78 is 8.50. The second-order valence-corrected chi connectivity index (χ2v) is 11.1. The highest BCUT2D eigenvalue weighted by Gasteiger charge is 2.20. The van der Waals surface area contributed by atoms with Crippen LogP contribution >= 0.6 is 0 Å². The molecule has 0 aliphatic rings. The van der Waals surface area contributed by atoms with Gasteiger partial charge in [-0.2, -0.15) is 9.97 Å². The number of aryl methyl sites for hydroxylation is 4. The smallest absolute Gasteiger partial charge is 0.332 e. The first-order chi connectivity index (χ1) is 21.1. The lowest BCUT2D eigenvalue weighted by Crippen LogP contribution is -2.37. The van der Waals surface area contributed by atoms with Crippen molar-refractivity contribution in [2.75, 3.05) is 36.9 Å². The molecule has 242 valence electrons. The van der Waals surface area contributed by atoms with Crippen molar-refractivity contribution in [3.63, 3.8) is 0 Å². The van der Waals surface area contributed by atoms with Gasteiger partial charge in [-0.05, 0) is 12.8 Å². The van der Waals surface area contributed by atoms with Crippen molar-refractivity contribution in [1.82, 2.24) is 37.4 Å². The van der Waals surface area contributed by atoms with Gasteiger partial charge in [0.2, 0.25) is 11.9 Å². The van der Waals surface area contributed by atoms with E-state index in [0.717, 1.165) is 60.5 Å². The van der Waals surface area contributed by atoms with Gasteiger partial charge < -0.3 is 30.0 Å². The third-order valence-electron chi connectivity index (χ3n) is 8.00. The third kappa shape index (κ3) is 6.50. The predicted molar refractivity (Wildman–Crippen MR) is 169 cm³/mol. The number of aromatic nitrogens is 8. The molecular weight excluding hydrogens is 572 g/mol. The molecule has 44 heavy (non-hydrogen) atoms. The molecule has 0 aromatic carbocycles. The van der Waals surface area contributed by atoms with Crippen molar-refractivity contribution in [3.8, 4) is 0 Å². The fourth-order valence-electron chi connectivity index (χ4n) is 5.53. The molecule has 0 aliphatic heterocycles. The fraction of sp³-hybridized carbons (Fsp3) is 0.643. The molecule has 0 spiro atoms. The Kier molecular flexibility index (Phi) is 10.8. The topological polar surface area (TPSA) is 188 Å². The maximum Gasteiger partial charge on any atom is 0.332 e. The molecule has 0 atom stereocenters. The Morgan fingerprint density at radius 3 is 1.23 bits per heavy atom. The fourth-order valence-corrected chi connectivity index (χ4v) is 5.53. The van der Waals surface area contributed by atoms with Crippen molar-refractivity contribution < 1.29 is 10.2 Å². The molecule has 0 unspecified atom stereocenters. The van der Waals surface area contributed by atoms with E-state index in [1.54, 1.807) is 23.2 Å². The Morgan fingerprint density at radius 2 is 0.886 bits per heavy atom. The van der Waals surface area contributed by atoms with Crippen LogP contribution in [0.2, 0.25) is 0 Å². The van der Waals surface area contributed by atoms with Crippen LogP contribution in [0.4, 0.5) is 11.9 Å². The van der Waals surface area contributed by atoms with Crippen LogP contribution in [0.5, 0.6) is 0 Å². The van der Waals surface area contributed by atoms with Crippen molar-refractivity contribution in [2.45, 2.75) is 64.5 Å². The minimum Gasteiger partial charge on any atom is -0.395 e. The lowest BCUT2D eigenvalue weighted by Gasteiger charge is -2.11. The molecule has 16 nitrogen and oxygen atoms in total. The van der Waals surface area contributed by atoms with Crippen molar-refractivity contribution >= 4 is 34.2 Å². The Labute approximate surface area is 253 Å². The van der Waals surface area contributed by atoms with Crippen LogP contribution in [-0.2, 0) is 41.3 Å². The zero-order chi connectivity index (χ0) is 32.0. The summed E-state index contributed by atoms with van der Waals surface area (Å²) in [5, 5.41) is 24.6. The largest absolute Gasteiger partial charge is 0.395 e. The van der Waals surface area contributed by atoms with E-state index in [4.69, 9.17) is 0 Å². The molecule has 0 amide bonds. The number of unbranched alkanes of at least 4 members (excludes halogenated alkanes) is 7. The quantitative estimate of drug-likeness (QED) is 0.116. The van der Waals surface area contributed by atoms with Gasteiger partial charge >= 0.3 is 11.4 Å². The van der Waals surface area contributed by atoms with Crippen LogP contribution in [-0.4, -0.2) is 73.9 Å². The number of rotatable bonds is 17. The van der Waals surface area contributed by atoms with E-state index in [9.17, 15) is 29.4 Å². The molecule has 4 rings (SSSR count). The molecule has 0 saturated heterocycles. The summed E-state index contributed by atoms with van der Waals surface area (Å²) in [7, 11) is 6.09. The van der Waals surface area contributed by atoms with Crippen LogP contribution in [0.3, 0.4) is 0 Å². The minimum absolute atomic E-state index is 0.0831. The maximum atomic E-state index is 12.9. The van der Waals surface area contributed by atoms with Gasteiger partial charge in [0.05, 0.1) is 13.2 Å². The van der Waals surface area contributed by atoms with Gasteiger partial charge in [-0.25, -0.2) is 9.59 Å². The number of anilines is 2. The van der Waals surface area contributed by atoms with Crippen molar-refractivity contribution in [2.24, 2.45) is 28.2 Å². The standard InChI is InChI=1S/C28H44N10O6/c1-33-21-19(23(41)35(3)27(33)43)37(25(31-21)29-13-17-39)15-11-9-7-5-6-8-10-12-16-38-20-22(32-26(38)30-14-18-40)34(2)28(44)36(4)24(20)42/h39-40H,5-18H2,1-4H3,(H,29,31)(H,30,32). The minimum atomic E-state index is -0.436. The average Bonchev–Trinajstić information content (AvgIpc) is 3.57. The van der Waals surface area contributed by atoms with Crippen LogP contribution < -0.4 is 33.1 Å². The van der Waals surface area contributed by atoms with E-state index in [0.29, 0.717) is 47.3 Å². The lowest BCUT2D eigenvalue weighted by molar-refractivity contribution is 0.310. The SMILES string of the molecule is Cn1c(=O)c2c(nc(NCCO)n2CCCCCCCCCCn2c(NCCO)nc3c2c(=O)n(C)c(=O)n3C)n(C)c1=O. The second-order valence-electron chi connectivity index (χ2n) is 11.1. The number of nitrogens with one attached hydrogen (secondary N) is 2. The first kappa shape index (κ1) is 32.7. The number of hydrogen-bond acceptors (Lipinski definition) is 10. The van der Waals surface area contributed by atoms with E-state index in [1.165, 1.54) is 23.2 Å². The summed E-state index contributed by atoms with van der Waals surface area (Å²) in [6.45, 7) is 1.53. The summed E-state index contributed by atoms with van der Waals surface area (Å²) in [6, 6.07) is 0. The van der Waals surface area contributed by atoms with Crippen molar-refractivity contribution in [3.05, 3.63) is 41.7 Å². The molecule has 4 aromatic rings. The zero-order valence-corrected chi connectivity index (χ0v) is 26.0. The molecule has 16 heteroatoms. The monoisotopic (exact) mass is 616 g/mol. The average molecular weight is 617 g/mol. The maximum absolute atomic E-state index is 12.9. The molecule has 0 radical (unpaired) electrons. The van der Waals surface area contributed by atoms with Gasteiger partial charge in [-0.15, -0.1) is 0 Å². The van der Waals surface area contributed by atoms with E-state index in [-0.39, 0.29) is 26.3 Å². The van der Waals surface area contributed by atoms with E-state index >= 15 is 0 Å². The molecule has 4 aromatic heterocycles. The Morgan fingerprint density at radius 1 is 0.545 bits per heavy atom. The normalized spacial score (nSPS) is 11.7. The molecule has 0 bridgehead atoms. The third-order valence-corrected chi connectivity index (χ3v) is 8.00. The summed E-state index contributed by atoms with van der Waals surface area (Å²) in [5.41, 5.74) is -0.269. The van der Waals surface area contributed by atoms with Gasteiger partial charge in [0.1, 0.15) is 0 Å². The number of nitrogens with zero attached hydrogens (tertiary/aromatic N) is 8. The predicted octanol–water partition coefficient (Wildman–Crippen LogP) is -0.190. The molecule has 0 saturated carbocycles. The molecule has 0 fully saturated rings. The number of fused-ring (bicyclic) bond motifs is 2. The highest BCUT2D eigenvalue weighted by atomic mass is 16.3. The highest BCUT2D eigenvalue weighted by molar-refractivity contribution is 5.75. The number of aliphatic hydroxyl groups is 2. The summed E-state index contributed by atoms with van der Waals surface area (Å²) in [6.07, 6.45) is 7.80. The summed E-state index contributed by atoms with van der Waals surface area (Å²) in [4.78, 5) is 59.5. The molecule has 4 heterocycles. The molecule has 4 N–H and O–H groups in total. The molecule has 0 aliphatic carbocycles. The van der Waals surface area contributed by atoms with E-state index in [2.05, 4.69) is 20.6 Å². The van der Waals surface area contributed by atoms with Gasteiger partial charge in [-0.3, -0.25) is 27.9 Å². The van der Waals surface area contributed by atoms with Crippen LogP contribution in [0.1, 0.15) is 51.4 Å². The highest BCUT2D eigenvalue weighted by Crippen LogP contribution is 2.19. The zero-order valence-electron chi connectivity index (χ0n) is 26.0. The lowest BCUT2D eigenvalue weighted by atomic mass is 10.1. The van der Waals surface area contributed by atoms with E-state index < -0.39 is 22.5 Å². The Balaban J connectivity index is 1.28. The van der Waals surface area contributed by atoms with Crippen LogP contribution in [0.15, 0.2) is 19.2 Å². The first-order valence-corrected chi connectivity index (χ1v) is 15.2. The van der Waals surface area contributed by atoms with Crippen molar-refractivity contribution in [1.29, 1.82) is 0 Å². The Hall–Kier alpha value is -4.18. The summed E-state index contributed by atoms with van der Waals surface area (Å²) in [5.74, 6) is 0.931. The Bertz CT molecular complexity index is 1710. The first-order valence-electron chi connectivity index (χ1n) is 15.2. The van der Waals surface area contributed by atoms with Crippen LogP contribution in [0.25, 0.3) is 22.3 Å². The van der Waals surface area contributed by atoms with Crippen LogP contribution in [0, 0.1) is 0 Å². The second kappa shape index (κ2) is 14.5. The van der Waals surface area contributed by atoms with E-state index in [1.807, 2.05) is 0 Å². The van der Waals surface area contributed by atoms with Gasteiger partial charge in [-0.1, -0.05) is 38.5 Å².